The molecule has 0 spiro atoms. The average molecular weight is 368 g/mol. The first-order valence-corrected chi connectivity index (χ1v) is 8.37. The third kappa shape index (κ3) is 2.87. The fourth-order valence-electron chi connectivity index (χ4n) is 2.66. The number of halogens is 2. The van der Waals surface area contributed by atoms with Crippen LogP contribution in [0.5, 0.6) is 0 Å². The van der Waals surface area contributed by atoms with Crippen LogP contribution in [0.25, 0.3) is 22.1 Å². The van der Waals surface area contributed by atoms with Crippen LogP contribution in [0, 0.1) is 0 Å². The monoisotopic (exact) mass is 367 g/mol. The van der Waals surface area contributed by atoms with E-state index in [1.54, 1.807) is 11.3 Å². The Morgan fingerprint density at radius 2 is 2.13 bits per heavy atom. The molecule has 3 aromatic rings. The Hall–Kier alpha value is -1.47. The van der Waals surface area contributed by atoms with Crippen LogP contribution >= 0.6 is 35.3 Å². The molecular formula is C15H15Cl2N5S. The molecule has 1 aliphatic heterocycles. The van der Waals surface area contributed by atoms with Gasteiger partial charge in [0.05, 0.1) is 11.1 Å². The molecule has 1 aliphatic rings. The molecule has 8 heteroatoms. The summed E-state index contributed by atoms with van der Waals surface area (Å²) in [6, 6.07) is 7.97. The van der Waals surface area contributed by atoms with Crippen molar-refractivity contribution in [3.63, 3.8) is 0 Å². The molecule has 0 aliphatic carbocycles. The quantitative estimate of drug-likeness (QED) is 0.748. The smallest absolute Gasteiger partial charge is 0.183 e. The summed E-state index contributed by atoms with van der Waals surface area (Å²) in [6.07, 6.45) is 0. The van der Waals surface area contributed by atoms with Crippen molar-refractivity contribution < 1.29 is 0 Å². The maximum Gasteiger partial charge on any atom is 0.183 e. The lowest BCUT2D eigenvalue weighted by Gasteiger charge is -2.21. The molecule has 120 valence electrons. The van der Waals surface area contributed by atoms with Crippen LogP contribution in [0.3, 0.4) is 0 Å². The molecule has 23 heavy (non-hydrogen) atoms. The zero-order valence-electron chi connectivity index (χ0n) is 12.4. The van der Waals surface area contributed by atoms with Crippen molar-refractivity contribution >= 4 is 35.3 Å². The van der Waals surface area contributed by atoms with Crippen molar-refractivity contribution in [3.05, 3.63) is 40.5 Å². The van der Waals surface area contributed by atoms with Crippen molar-refractivity contribution in [1.29, 1.82) is 0 Å². The Morgan fingerprint density at radius 3 is 2.96 bits per heavy atom. The average Bonchev–Trinajstić information content (AvgIpc) is 3.14. The molecular weight excluding hydrogens is 353 g/mol. The predicted molar refractivity (Wildman–Crippen MR) is 95.2 cm³/mol. The highest BCUT2D eigenvalue weighted by molar-refractivity contribution is 7.13. The molecule has 3 heterocycles. The molecule has 0 saturated carbocycles. The highest BCUT2D eigenvalue weighted by Gasteiger charge is 2.23. The molecule has 1 atom stereocenters. The first-order chi connectivity index (χ1) is 10.7. The zero-order valence-corrected chi connectivity index (χ0v) is 14.8. The maximum absolute atomic E-state index is 6.25. The number of nitrogens with one attached hydrogen (secondary N) is 1. The number of hydrogen-bond donors (Lipinski definition) is 1. The van der Waals surface area contributed by atoms with Crippen molar-refractivity contribution in [2.24, 2.45) is 0 Å². The van der Waals surface area contributed by atoms with E-state index < -0.39 is 0 Å². The minimum atomic E-state index is 0. The molecule has 1 unspecified atom stereocenters. The number of nitrogens with zero attached hydrogens (tertiary/aromatic N) is 4. The highest BCUT2D eigenvalue weighted by atomic mass is 35.5. The van der Waals surface area contributed by atoms with Gasteiger partial charge < -0.3 is 9.88 Å². The number of aromatic nitrogens is 4. The topological polar surface area (TPSA) is 55.6 Å². The first-order valence-electron chi connectivity index (χ1n) is 7.11. The van der Waals surface area contributed by atoms with E-state index in [1.165, 1.54) is 0 Å². The van der Waals surface area contributed by atoms with Gasteiger partial charge in [-0.25, -0.2) is 4.98 Å². The number of hydrogen-bond acceptors (Lipinski definition) is 5. The van der Waals surface area contributed by atoms with E-state index in [2.05, 4.69) is 27.0 Å². The third-order valence-electron chi connectivity index (χ3n) is 3.79. The number of rotatable bonds is 2. The second-order valence-electron chi connectivity index (χ2n) is 5.23. The summed E-state index contributed by atoms with van der Waals surface area (Å²) in [7, 11) is 0. The van der Waals surface area contributed by atoms with E-state index in [1.807, 2.05) is 29.6 Å². The lowest BCUT2D eigenvalue weighted by molar-refractivity contribution is 0.439. The van der Waals surface area contributed by atoms with Gasteiger partial charge in [0, 0.05) is 24.0 Å². The predicted octanol–water partition coefficient (Wildman–Crippen LogP) is 3.81. The second-order valence-corrected chi connectivity index (χ2v) is 6.49. The Kier molecular flexibility index (Phi) is 4.68. The van der Waals surface area contributed by atoms with Crippen LogP contribution in [0.4, 0.5) is 0 Å². The van der Waals surface area contributed by atoms with Gasteiger partial charge in [-0.3, -0.25) is 0 Å². The summed E-state index contributed by atoms with van der Waals surface area (Å²) in [5.41, 5.74) is 1.81. The Morgan fingerprint density at radius 1 is 1.30 bits per heavy atom. The van der Waals surface area contributed by atoms with E-state index in [-0.39, 0.29) is 18.4 Å². The van der Waals surface area contributed by atoms with Crippen LogP contribution in [-0.2, 0) is 6.54 Å². The van der Waals surface area contributed by atoms with Crippen LogP contribution < -0.4 is 5.32 Å². The van der Waals surface area contributed by atoms with Gasteiger partial charge in [0.1, 0.15) is 16.5 Å². The largest absolute Gasteiger partial charge is 0.307 e. The molecule has 0 bridgehead atoms. The normalized spacial score (nSPS) is 16.7. The van der Waals surface area contributed by atoms with Crippen LogP contribution in [0.2, 0.25) is 5.02 Å². The lowest BCUT2D eigenvalue weighted by Crippen LogP contribution is -2.32. The van der Waals surface area contributed by atoms with Gasteiger partial charge in [0.2, 0.25) is 0 Å². The minimum Gasteiger partial charge on any atom is -0.307 e. The molecule has 0 saturated heterocycles. The summed E-state index contributed by atoms with van der Waals surface area (Å²) < 4.78 is 2.15. The molecule has 1 aromatic carbocycles. The van der Waals surface area contributed by atoms with Crippen LogP contribution in [-0.4, -0.2) is 26.3 Å². The Balaban J connectivity index is 0.00000156. The van der Waals surface area contributed by atoms with Crippen molar-refractivity contribution in [1.82, 2.24) is 25.1 Å². The van der Waals surface area contributed by atoms with Crippen molar-refractivity contribution in [3.8, 4) is 22.1 Å². The standard InChI is InChI=1S/C15H14ClN5S.ClH/c1-9-13-19-20-14(21(13)7-6-17-9)12-8-22-15(18-12)10-4-2-3-5-11(10)16;/h2-5,8-9,17H,6-7H2,1H3;1H. The van der Waals surface area contributed by atoms with Gasteiger partial charge in [-0.1, -0.05) is 29.8 Å². The van der Waals surface area contributed by atoms with Gasteiger partial charge in [-0.05, 0) is 13.0 Å². The summed E-state index contributed by atoms with van der Waals surface area (Å²) in [5.74, 6) is 1.80. The minimum absolute atomic E-state index is 0. The second kappa shape index (κ2) is 6.57. The van der Waals surface area contributed by atoms with Gasteiger partial charge in [-0.15, -0.1) is 33.9 Å². The Labute approximate surface area is 149 Å². The zero-order chi connectivity index (χ0) is 15.1. The van der Waals surface area contributed by atoms with E-state index in [4.69, 9.17) is 16.6 Å². The van der Waals surface area contributed by atoms with E-state index in [0.29, 0.717) is 5.02 Å². The fourth-order valence-corrected chi connectivity index (χ4v) is 3.78. The van der Waals surface area contributed by atoms with E-state index >= 15 is 0 Å². The van der Waals surface area contributed by atoms with Gasteiger partial charge in [-0.2, -0.15) is 0 Å². The number of benzene rings is 1. The van der Waals surface area contributed by atoms with Gasteiger partial charge in [0.25, 0.3) is 0 Å². The van der Waals surface area contributed by atoms with Gasteiger partial charge in [0.15, 0.2) is 5.82 Å². The third-order valence-corrected chi connectivity index (χ3v) is 5.00. The summed E-state index contributed by atoms with van der Waals surface area (Å²) in [6.45, 7) is 3.88. The maximum atomic E-state index is 6.25. The summed E-state index contributed by atoms with van der Waals surface area (Å²) in [5, 5.41) is 15.6. The fraction of sp³-hybridized carbons (Fsp3) is 0.267. The highest BCUT2D eigenvalue weighted by Crippen LogP contribution is 2.33. The number of fused-ring (bicyclic) bond motifs is 1. The molecule has 5 nitrogen and oxygen atoms in total. The summed E-state index contributed by atoms with van der Waals surface area (Å²) in [4.78, 5) is 4.71. The SMILES string of the molecule is CC1NCCn2c(-c3csc(-c4ccccc4Cl)n3)nnc21.Cl. The molecule has 1 N–H and O–H groups in total. The van der Waals surface area contributed by atoms with E-state index in [0.717, 1.165) is 41.0 Å². The molecule has 4 rings (SSSR count). The van der Waals surface area contributed by atoms with Crippen LogP contribution in [0.1, 0.15) is 18.8 Å². The number of thiazole rings is 1. The molecule has 0 amide bonds. The lowest BCUT2D eigenvalue weighted by atomic mass is 10.2. The molecule has 0 fully saturated rings. The molecule has 2 aromatic heterocycles. The Bertz CT molecular complexity index is 829. The first kappa shape index (κ1) is 16.4. The van der Waals surface area contributed by atoms with Crippen LogP contribution in [0.15, 0.2) is 29.6 Å². The van der Waals surface area contributed by atoms with E-state index in [9.17, 15) is 0 Å². The summed E-state index contributed by atoms with van der Waals surface area (Å²) >= 11 is 7.83. The van der Waals surface area contributed by atoms with Crippen molar-refractivity contribution in [2.75, 3.05) is 6.54 Å². The van der Waals surface area contributed by atoms with Gasteiger partial charge >= 0.3 is 0 Å². The van der Waals surface area contributed by atoms with Crippen molar-refractivity contribution in [2.45, 2.75) is 19.5 Å². The molecule has 0 radical (unpaired) electrons.